The Hall–Kier alpha value is -2.11. The Labute approximate surface area is 212 Å². The molecule has 0 aliphatic carbocycles. The second kappa shape index (κ2) is 13.6. The van der Waals surface area contributed by atoms with E-state index in [0.29, 0.717) is 0 Å². The normalized spacial score (nSPS) is 15.5. The van der Waals surface area contributed by atoms with Crippen molar-refractivity contribution in [2.45, 2.75) is 19.6 Å². The average molecular weight is 572 g/mol. The summed E-state index contributed by atoms with van der Waals surface area (Å²) in [6.07, 6.45) is -0.976. The molecule has 0 bridgehead atoms. The average Bonchev–Trinajstić information content (AvgIpc) is 2.82. The van der Waals surface area contributed by atoms with Crippen molar-refractivity contribution in [1.29, 1.82) is 0 Å². The van der Waals surface area contributed by atoms with E-state index in [-0.39, 0.29) is 36.1 Å². The van der Waals surface area contributed by atoms with E-state index < -0.39 is 11.9 Å². The highest BCUT2D eigenvalue weighted by Crippen LogP contribution is 2.28. The molecule has 182 valence electrons. The molecule has 0 saturated carbocycles. The second-order valence-electron chi connectivity index (χ2n) is 7.68. The van der Waals surface area contributed by atoms with Gasteiger partial charge in [0.05, 0.1) is 20.8 Å². The number of rotatable bonds is 8. The number of guanidine groups is 1. The predicted octanol–water partition coefficient (Wildman–Crippen LogP) is 3.28. The van der Waals surface area contributed by atoms with Gasteiger partial charge in [-0.05, 0) is 30.7 Å². The molecule has 1 aliphatic heterocycles. The van der Waals surface area contributed by atoms with Crippen LogP contribution in [0.4, 0.5) is 4.39 Å². The molecule has 1 unspecified atom stereocenters. The highest BCUT2D eigenvalue weighted by molar-refractivity contribution is 14.0. The minimum atomic E-state index is -0.976. The first-order chi connectivity index (χ1) is 15.5. The van der Waals surface area contributed by atoms with Crippen molar-refractivity contribution in [3.63, 3.8) is 0 Å². The molecule has 2 aromatic carbocycles. The number of methoxy groups -OCH3 is 2. The number of ether oxygens (including phenoxy) is 2. The maximum Gasteiger partial charge on any atom is 0.194 e. The van der Waals surface area contributed by atoms with Gasteiger partial charge in [0.15, 0.2) is 17.5 Å². The molecule has 1 saturated heterocycles. The van der Waals surface area contributed by atoms with Crippen LogP contribution in [0.15, 0.2) is 47.5 Å². The first-order valence-corrected chi connectivity index (χ1v) is 10.9. The van der Waals surface area contributed by atoms with E-state index in [2.05, 4.69) is 26.2 Å². The Morgan fingerprint density at radius 1 is 1.09 bits per heavy atom. The number of aliphatic hydroxyl groups is 1. The minimum absolute atomic E-state index is 0. The van der Waals surface area contributed by atoms with Crippen molar-refractivity contribution in [3.8, 4) is 11.5 Å². The fourth-order valence-electron chi connectivity index (χ4n) is 3.80. The van der Waals surface area contributed by atoms with Gasteiger partial charge in [0, 0.05) is 44.8 Å². The van der Waals surface area contributed by atoms with Crippen LogP contribution in [0, 0.1) is 5.82 Å². The summed E-state index contributed by atoms with van der Waals surface area (Å²) in [7, 11) is 3.28. The number of piperazine rings is 1. The van der Waals surface area contributed by atoms with Crippen LogP contribution >= 0.6 is 24.0 Å². The first-order valence-electron chi connectivity index (χ1n) is 10.9. The van der Waals surface area contributed by atoms with Crippen molar-refractivity contribution >= 4 is 29.9 Å². The molecule has 0 amide bonds. The molecule has 0 aromatic heterocycles. The van der Waals surface area contributed by atoms with Gasteiger partial charge in [-0.25, -0.2) is 4.39 Å². The number of benzene rings is 2. The molecule has 1 aliphatic rings. The van der Waals surface area contributed by atoms with Gasteiger partial charge in [0.25, 0.3) is 0 Å². The molecule has 7 nitrogen and oxygen atoms in total. The van der Waals surface area contributed by atoms with Crippen molar-refractivity contribution in [2.75, 3.05) is 53.5 Å². The monoisotopic (exact) mass is 572 g/mol. The molecule has 9 heteroatoms. The van der Waals surface area contributed by atoms with Gasteiger partial charge in [0.1, 0.15) is 11.9 Å². The number of nitrogens with zero attached hydrogens (tertiary/aromatic N) is 3. The zero-order valence-electron chi connectivity index (χ0n) is 19.5. The zero-order chi connectivity index (χ0) is 22.9. The molecule has 2 aromatic rings. The molecule has 0 radical (unpaired) electrons. The molecular formula is C24H34FIN4O3. The first kappa shape index (κ1) is 27.1. The number of aliphatic hydroxyl groups excluding tert-OH is 1. The summed E-state index contributed by atoms with van der Waals surface area (Å²) in [5, 5.41) is 13.7. The summed E-state index contributed by atoms with van der Waals surface area (Å²) < 4.78 is 24.6. The van der Waals surface area contributed by atoms with Crippen LogP contribution in [0.3, 0.4) is 0 Å². The quantitative estimate of drug-likeness (QED) is 0.288. The van der Waals surface area contributed by atoms with Crippen LogP contribution in [-0.4, -0.2) is 74.4 Å². The number of hydrogen-bond acceptors (Lipinski definition) is 5. The summed E-state index contributed by atoms with van der Waals surface area (Å²) in [5.41, 5.74) is 1.44. The fourth-order valence-corrected chi connectivity index (χ4v) is 3.80. The Kier molecular flexibility index (Phi) is 11.2. The Bertz CT molecular complexity index is 907. The standard InChI is InChI=1S/C24H33FN4O3.HI/c1-4-26-24(27-16-21(30)19-7-5-6-8-20(19)25)29-13-11-28(12-14-29)17-18-9-10-22(31-2)23(15-18)32-3;/h5-10,15,21,30H,4,11-14,16-17H2,1-3H3,(H,26,27);1H. The molecule has 33 heavy (non-hydrogen) atoms. The third-order valence-corrected chi connectivity index (χ3v) is 5.54. The smallest absolute Gasteiger partial charge is 0.194 e. The molecule has 3 rings (SSSR count). The third kappa shape index (κ3) is 7.44. The van der Waals surface area contributed by atoms with E-state index in [4.69, 9.17) is 9.47 Å². The van der Waals surface area contributed by atoms with Crippen molar-refractivity contribution in [3.05, 3.63) is 59.4 Å². The van der Waals surface area contributed by atoms with Crippen molar-refractivity contribution < 1.29 is 19.0 Å². The van der Waals surface area contributed by atoms with E-state index in [1.54, 1.807) is 32.4 Å². The molecular weight excluding hydrogens is 538 g/mol. The Balaban J connectivity index is 0.00000385. The number of aliphatic imine (C=N–C) groups is 1. The van der Waals surface area contributed by atoms with Crippen molar-refractivity contribution in [2.24, 2.45) is 4.99 Å². The largest absolute Gasteiger partial charge is 0.493 e. The van der Waals surface area contributed by atoms with Gasteiger partial charge < -0.3 is 24.8 Å². The summed E-state index contributed by atoms with van der Waals surface area (Å²) in [6, 6.07) is 12.3. The molecule has 1 fully saturated rings. The molecule has 0 spiro atoms. The van der Waals surface area contributed by atoms with Gasteiger partial charge in [-0.3, -0.25) is 9.89 Å². The summed E-state index contributed by atoms with van der Waals surface area (Å²) in [4.78, 5) is 9.14. The van der Waals surface area contributed by atoms with Gasteiger partial charge in [0.2, 0.25) is 0 Å². The van der Waals surface area contributed by atoms with Crippen LogP contribution in [0.25, 0.3) is 0 Å². The van der Waals surface area contributed by atoms with E-state index in [1.807, 2.05) is 19.1 Å². The van der Waals surface area contributed by atoms with Crippen LogP contribution in [-0.2, 0) is 6.54 Å². The lowest BCUT2D eigenvalue weighted by Crippen LogP contribution is -2.52. The number of nitrogens with one attached hydrogen (secondary N) is 1. The van der Waals surface area contributed by atoms with Crippen LogP contribution in [0.5, 0.6) is 11.5 Å². The lowest BCUT2D eigenvalue weighted by molar-refractivity contribution is 0.168. The highest BCUT2D eigenvalue weighted by atomic mass is 127. The van der Waals surface area contributed by atoms with Gasteiger partial charge in [-0.2, -0.15) is 0 Å². The number of halogens is 2. The summed E-state index contributed by atoms with van der Waals surface area (Å²) in [6.45, 7) is 7.06. The molecule has 1 heterocycles. The highest BCUT2D eigenvalue weighted by Gasteiger charge is 2.21. The van der Waals surface area contributed by atoms with E-state index in [1.165, 1.54) is 11.6 Å². The third-order valence-electron chi connectivity index (χ3n) is 5.54. The minimum Gasteiger partial charge on any atom is -0.493 e. The van der Waals surface area contributed by atoms with Gasteiger partial charge in [-0.15, -0.1) is 24.0 Å². The predicted molar refractivity (Wildman–Crippen MR) is 139 cm³/mol. The van der Waals surface area contributed by atoms with E-state index >= 15 is 0 Å². The molecule has 1 atom stereocenters. The van der Waals surface area contributed by atoms with Crippen molar-refractivity contribution in [1.82, 2.24) is 15.1 Å². The van der Waals surface area contributed by atoms with Gasteiger partial charge in [-0.1, -0.05) is 24.3 Å². The topological polar surface area (TPSA) is 69.6 Å². The zero-order valence-corrected chi connectivity index (χ0v) is 21.8. The summed E-state index contributed by atoms with van der Waals surface area (Å²) in [5.74, 6) is 1.79. The van der Waals surface area contributed by atoms with Crippen LogP contribution in [0.1, 0.15) is 24.2 Å². The summed E-state index contributed by atoms with van der Waals surface area (Å²) >= 11 is 0. The number of hydrogen-bond donors (Lipinski definition) is 2. The van der Waals surface area contributed by atoms with Gasteiger partial charge >= 0.3 is 0 Å². The fraction of sp³-hybridized carbons (Fsp3) is 0.458. The second-order valence-corrected chi connectivity index (χ2v) is 7.68. The molecule has 2 N–H and O–H groups in total. The Morgan fingerprint density at radius 3 is 2.42 bits per heavy atom. The lowest BCUT2D eigenvalue weighted by Gasteiger charge is -2.36. The maximum atomic E-state index is 13.9. The van der Waals surface area contributed by atoms with E-state index in [0.717, 1.165) is 56.7 Å². The van der Waals surface area contributed by atoms with Crippen LogP contribution < -0.4 is 14.8 Å². The Morgan fingerprint density at radius 2 is 1.79 bits per heavy atom. The maximum absolute atomic E-state index is 13.9. The SMILES string of the molecule is CCNC(=NCC(O)c1ccccc1F)N1CCN(Cc2ccc(OC)c(OC)c2)CC1.I. The van der Waals surface area contributed by atoms with Crippen LogP contribution in [0.2, 0.25) is 0 Å². The van der Waals surface area contributed by atoms with E-state index in [9.17, 15) is 9.50 Å². The lowest BCUT2D eigenvalue weighted by atomic mass is 10.1.